The lowest BCUT2D eigenvalue weighted by atomic mass is 10.0. The van der Waals surface area contributed by atoms with Crippen LogP contribution in [-0.4, -0.2) is 19.4 Å². The highest BCUT2D eigenvalue weighted by atomic mass is 16.6. The number of aryl methyl sites for hydroxylation is 2. The number of rotatable bonds is 5. The molecular formula is C14H21NO2. The van der Waals surface area contributed by atoms with Crippen LogP contribution in [0.4, 0.5) is 0 Å². The summed E-state index contributed by atoms with van der Waals surface area (Å²) in [5.74, 6) is 0.911. The zero-order valence-electron chi connectivity index (χ0n) is 11.3. The molecular weight excluding hydrogens is 214 g/mol. The Morgan fingerprint density at radius 3 is 2.53 bits per heavy atom. The Morgan fingerprint density at radius 1 is 1.24 bits per heavy atom. The zero-order chi connectivity index (χ0) is 12.8. The van der Waals surface area contributed by atoms with Gasteiger partial charge in [-0.2, -0.15) is 0 Å². The van der Waals surface area contributed by atoms with Crippen LogP contribution in [0.3, 0.4) is 0 Å². The Kier molecular flexibility index (Phi) is 5.01. The van der Waals surface area contributed by atoms with Crippen molar-refractivity contribution >= 4 is 5.71 Å². The van der Waals surface area contributed by atoms with Crippen molar-refractivity contribution in [3.63, 3.8) is 0 Å². The second-order valence-corrected chi connectivity index (χ2v) is 4.15. The van der Waals surface area contributed by atoms with E-state index in [1.54, 1.807) is 7.11 Å². The first kappa shape index (κ1) is 13.6. The van der Waals surface area contributed by atoms with E-state index in [2.05, 4.69) is 25.1 Å². The van der Waals surface area contributed by atoms with Gasteiger partial charge in [-0.1, -0.05) is 12.1 Å². The highest BCUT2D eigenvalue weighted by molar-refractivity contribution is 6.00. The molecule has 0 aromatic heterocycles. The second-order valence-electron chi connectivity index (χ2n) is 4.15. The molecule has 0 fully saturated rings. The van der Waals surface area contributed by atoms with Crippen LogP contribution in [0, 0.1) is 13.8 Å². The Morgan fingerprint density at radius 2 is 1.94 bits per heavy atom. The van der Waals surface area contributed by atoms with E-state index >= 15 is 0 Å². The molecule has 0 aliphatic heterocycles. The molecule has 3 nitrogen and oxygen atoms in total. The lowest BCUT2D eigenvalue weighted by molar-refractivity contribution is 0.145. The van der Waals surface area contributed by atoms with Gasteiger partial charge < -0.3 is 9.57 Å². The van der Waals surface area contributed by atoms with E-state index in [-0.39, 0.29) is 0 Å². The number of ether oxygens (including phenoxy) is 1. The van der Waals surface area contributed by atoms with Gasteiger partial charge in [0, 0.05) is 5.56 Å². The summed E-state index contributed by atoms with van der Waals surface area (Å²) in [6.07, 6.45) is 0.970. The normalized spacial score (nSPS) is 11.5. The van der Waals surface area contributed by atoms with Gasteiger partial charge in [-0.15, -0.1) is 0 Å². The van der Waals surface area contributed by atoms with Crippen LogP contribution in [0.1, 0.15) is 37.0 Å². The van der Waals surface area contributed by atoms with Crippen molar-refractivity contribution in [1.29, 1.82) is 0 Å². The quantitative estimate of drug-likeness (QED) is 0.444. The molecule has 1 rings (SSSR count). The minimum absolute atomic E-state index is 0.658. The predicted octanol–water partition coefficient (Wildman–Crippen LogP) is 3.46. The topological polar surface area (TPSA) is 30.8 Å². The molecule has 0 atom stereocenters. The van der Waals surface area contributed by atoms with Gasteiger partial charge in [0.1, 0.15) is 12.4 Å². The maximum absolute atomic E-state index is 5.29. The summed E-state index contributed by atoms with van der Waals surface area (Å²) in [7, 11) is 1.69. The first-order valence-corrected chi connectivity index (χ1v) is 5.92. The van der Waals surface area contributed by atoms with Crippen LogP contribution in [0.15, 0.2) is 17.3 Å². The fourth-order valence-corrected chi connectivity index (χ4v) is 1.68. The molecule has 1 aromatic rings. The van der Waals surface area contributed by atoms with Crippen LogP contribution in [0.2, 0.25) is 0 Å². The third-order valence-electron chi connectivity index (χ3n) is 2.63. The van der Waals surface area contributed by atoms with Gasteiger partial charge in [-0.3, -0.25) is 0 Å². The monoisotopic (exact) mass is 235 g/mol. The van der Waals surface area contributed by atoms with E-state index in [0.29, 0.717) is 6.61 Å². The van der Waals surface area contributed by atoms with E-state index in [9.17, 15) is 0 Å². The molecule has 0 radical (unpaired) electrons. The van der Waals surface area contributed by atoms with E-state index in [1.165, 1.54) is 0 Å². The van der Waals surface area contributed by atoms with Crippen molar-refractivity contribution in [2.75, 3.05) is 13.7 Å². The Hall–Kier alpha value is -1.51. The number of benzene rings is 1. The largest absolute Gasteiger partial charge is 0.496 e. The molecule has 0 aliphatic carbocycles. The van der Waals surface area contributed by atoms with E-state index < -0.39 is 0 Å². The Labute approximate surface area is 103 Å². The van der Waals surface area contributed by atoms with E-state index in [4.69, 9.17) is 9.57 Å². The summed E-state index contributed by atoms with van der Waals surface area (Å²) in [4.78, 5) is 5.21. The first-order valence-electron chi connectivity index (χ1n) is 5.92. The van der Waals surface area contributed by atoms with Gasteiger partial charge in [-0.25, -0.2) is 0 Å². The highest BCUT2D eigenvalue weighted by Crippen LogP contribution is 2.23. The van der Waals surface area contributed by atoms with Gasteiger partial charge in [0.25, 0.3) is 0 Å². The lowest BCUT2D eigenvalue weighted by Crippen LogP contribution is -2.02. The Bertz CT molecular complexity index is 411. The first-order chi connectivity index (χ1) is 8.10. The molecule has 0 aliphatic rings. The molecule has 3 heteroatoms. The van der Waals surface area contributed by atoms with Crippen molar-refractivity contribution in [3.05, 3.63) is 28.8 Å². The van der Waals surface area contributed by atoms with Crippen LogP contribution in [0.5, 0.6) is 5.75 Å². The molecule has 0 spiro atoms. The molecule has 0 heterocycles. The second kappa shape index (κ2) is 6.28. The minimum Gasteiger partial charge on any atom is -0.496 e. The minimum atomic E-state index is 0.658. The van der Waals surface area contributed by atoms with Crippen LogP contribution >= 0.6 is 0 Å². The van der Waals surface area contributed by atoms with E-state index in [0.717, 1.165) is 34.6 Å². The fraction of sp³-hybridized carbons (Fsp3) is 0.500. The lowest BCUT2D eigenvalue weighted by Gasteiger charge is -2.10. The maximum atomic E-state index is 5.29. The average Bonchev–Trinajstić information content (AvgIpc) is 2.31. The van der Waals surface area contributed by atoms with Gasteiger partial charge in [-0.05, 0) is 50.5 Å². The molecule has 0 unspecified atom stereocenters. The van der Waals surface area contributed by atoms with Crippen molar-refractivity contribution in [1.82, 2.24) is 0 Å². The molecule has 0 saturated carbocycles. The summed E-state index contributed by atoms with van der Waals surface area (Å²) in [5, 5.41) is 4.12. The zero-order valence-corrected chi connectivity index (χ0v) is 11.3. The van der Waals surface area contributed by atoms with Crippen LogP contribution in [0.25, 0.3) is 0 Å². The fourth-order valence-electron chi connectivity index (χ4n) is 1.68. The molecule has 1 aromatic carbocycles. The maximum Gasteiger partial charge on any atom is 0.122 e. The molecule has 94 valence electrons. The van der Waals surface area contributed by atoms with Crippen molar-refractivity contribution in [3.8, 4) is 5.75 Å². The number of hydrogen-bond acceptors (Lipinski definition) is 3. The third-order valence-corrected chi connectivity index (χ3v) is 2.63. The third kappa shape index (κ3) is 3.48. The highest BCUT2D eigenvalue weighted by Gasteiger charge is 2.07. The van der Waals surface area contributed by atoms with Gasteiger partial charge in [0.05, 0.1) is 12.8 Å². The molecule has 0 bridgehead atoms. The predicted molar refractivity (Wildman–Crippen MR) is 70.9 cm³/mol. The summed E-state index contributed by atoms with van der Waals surface area (Å²) in [5.41, 5.74) is 4.27. The summed E-state index contributed by atoms with van der Waals surface area (Å²) in [6.45, 7) is 8.77. The average molecular weight is 235 g/mol. The Balaban J connectivity index is 2.98. The van der Waals surface area contributed by atoms with Crippen molar-refractivity contribution in [2.45, 2.75) is 34.1 Å². The van der Waals surface area contributed by atoms with E-state index in [1.807, 2.05) is 19.9 Å². The molecule has 17 heavy (non-hydrogen) atoms. The van der Waals surface area contributed by atoms with Gasteiger partial charge in [0.15, 0.2) is 0 Å². The van der Waals surface area contributed by atoms with Gasteiger partial charge >= 0.3 is 0 Å². The van der Waals surface area contributed by atoms with Gasteiger partial charge in [0.2, 0.25) is 0 Å². The summed E-state index contributed by atoms with van der Waals surface area (Å²) >= 11 is 0. The van der Waals surface area contributed by atoms with Crippen LogP contribution in [-0.2, 0) is 4.84 Å². The standard InChI is InChI=1S/C14H21NO2/c1-6-7-17-15-12(4)13-8-11(3)14(16-5)9-10(13)2/h8-9H,6-7H2,1-5H3. The van der Waals surface area contributed by atoms with Crippen molar-refractivity contribution in [2.24, 2.45) is 5.16 Å². The molecule has 0 amide bonds. The molecule has 0 N–H and O–H groups in total. The van der Waals surface area contributed by atoms with Crippen molar-refractivity contribution < 1.29 is 9.57 Å². The SMILES string of the molecule is CCCON=C(C)c1cc(C)c(OC)cc1C. The number of oxime groups is 1. The van der Waals surface area contributed by atoms with Crippen LogP contribution < -0.4 is 4.74 Å². The number of nitrogens with zero attached hydrogens (tertiary/aromatic N) is 1. The smallest absolute Gasteiger partial charge is 0.122 e. The molecule has 0 saturated heterocycles. The summed E-state index contributed by atoms with van der Waals surface area (Å²) < 4.78 is 5.29. The number of hydrogen-bond donors (Lipinski definition) is 0. The number of methoxy groups -OCH3 is 1. The summed E-state index contributed by atoms with van der Waals surface area (Å²) in [6, 6.07) is 4.12.